The number of hydrogen-bond donors (Lipinski definition) is 2. The van der Waals surface area contributed by atoms with Crippen molar-refractivity contribution in [3.8, 4) is 5.75 Å². The first-order valence-corrected chi connectivity index (χ1v) is 6.76. The molecule has 6 nitrogen and oxygen atoms in total. The van der Waals surface area contributed by atoms with Gasteiger partial charge in [-0.1, -0.05) is 12.1 Å². The van der Waals surface area contributed by atoms with E-state index in [1.54, 1.807) is 25.1 Å². The van der Waals surface area contributed by atoms with Gasteiger partial charge in [0.15, 0.2) is 0 Å². The molecule has 0 spiro atoms. The van der Waals surface area contributed by atoms with Crippen LogP contribution in [0.25, 0.3) is 0 Å². The Bertz CT molecular complexity index is 713. The number of rotatable bonds is 4. The third kappa shape index (κ3) is 3.60. The van der Waals surface area contributed by atoms with Crippen molar-refractivity contribution in [3.05, 3.63) is 53.3 Å². The van der Waals surface area contributed by atoms with Crippen molar-refractivity contribution in [1.29, 1.82) is 0 Å². The van der Waals surface area contributed by atoms with Crippen molar-refractivity contribution >= 4 is 17.6 Å². The second-order valence-electron chi connectivity index (χ2n) is 4.60. The van der Waals surface area contributed by atoms with E-state index in [-0.39, 0.29) is 29.4 Å². The molecule has 0 aliphatic carbocycles. The Hall–Kier alpha value is -2.89. The smallest absolute Gasteiger partial charge is 0.356 e. The van der Waals surface area contributed by atoms with Gasteiger partial charge in [0, 0.05) is 0 Å². The van der Waals surface area contributed by atoms with E-state index in [9.17, 15) is 14.7 Å². The molecule has 22 heavy (non-hydrogen) atoms. The third-order valence-electron chi connectivity index (χ3n) is 2.87. The minimum atomic E-state index is -0.588. The molecule has 0 unspecified atom stereocenters. The standard InChI is InChI=1S/C16H16N2O4/c1-3-22-16(21)13-6-4-5-12(17-13)15(20)18-11-8-7-10(2)9-14(11)19/h4-9,19H,3H2,1-2H3,(H,18,20). The summed E-state index contributed by atoms with van der Waals surface area (Å²) in [5.74, 6) is -1.14. The zero-order valence-electron chi connectivity index (χ0n) is 12.3. The van der Waals surface area contributed by atoms with Gasteiger partial charge in [0.05, 0.1) is 12.3 Å². The van der Waals surface area contributed by atoms with Crippen LogP contribution in [0.5, 0.6) is 5.75 Å². The number of aryl methyl sites for hydroxylation is 1. The third-order valence-corrected chi connectivity index (χ3v) is 2.87. The molecule has 2 N–H and O–H groups in total. The summed E-state index contributed by atoms with van der Waals surface area (Å²) in [6.07, 6.45) is 0. The highest BCUT2D eigenvalue weighted by molar-refractivity contribution is 6.04. The van der Waals surface area contributed by atoms with Crippen LogP contribution in [0.4, 0.5) is 5.69 Å². The van der Waals surface area contributed by atoms with E-state index in [0.29, 0.717) is 0 Å². The number of phenolic OH excluding ortho intramolecular Hbond substituents is 1. The summed E-state index contributed by atoms with van der Waals surface area (Å²) >= 11 is 0. The molecular formula is C16H16N2O4. The quantitative estimate of drug-likeness (QED) is 0.669. The largest absolute Gasteiger partial charge is 0.506 e. The molecule has 0 bridgehead atoms. The van der Waals surface area contributed by atoms with E-state index in [1.165, 1.54) is 18.2 Å². The van der Waals surface area contributed by atoms with Crippen molar-refractivity contribution < 1.29 is 19.4 Å². The molecule has 6 heteroatoms. The number of aromatic nitrogens is 1. The molecule has 1 aromatic heterocycles. The van der Waals surface area contributed by atoms with Gasteiger partial charge in [-0.15, -0.1) is 0 Å². The summed E-state index contributed by atoms with van der Waals surface area (Å²) in [6.45, 7) is 3.75. The molecule has 0 radical (unpaired) electrons. The van der Waals surface area contributed by atoms with Crippen molar-refractivity contribution in [3.63, 3.8) is 0 Å². The summed E-state index contributed by atoms with van der Waals surface area (Å²) < 4.78 is 4.84. The molecule has 1 amide bonds. The fourth-order valence-electron chi connectivity index (χ4n) is 1.81. The van der Waals surface area contributed by atoms with Gasteiger partial charge in [-0.2, -0.15) is 0 Å². The van der Waals surface area contributed by atoms with E-state index < -0.39 is 11.9 Å². The molecule has 1 aromatic carbocycles. The number of pyridine rings is 1. The Morgan fingerprint density at radius 1 is 1.23 bits per heavy atom. The zero-order valence-corrected chi connectivity index (χ0v) is 12.3. The average Bonchev–Trinajstić information content (AvgIpc) is 2.50. The Kier molecular flexibility index (Phi) is 4.73. The number of benzene rings is 1. The summed E-state index contributed by atoms with van der Waals surface area (Å²) in [6, 6.07) is 9.39. The van der Waals surface area contributed by atoms with Crippen LogP contribution in [-0.4, -0.2) is 28.6 Å². The molecule has 2 aromatic rings. The number of carbonyl (C=O) groups excluding carboxylic acids is 2. The van der Waals surface area contributed by atoms with Crippen LogP contribution in [0.1, 0.15) is 33.5 Å². The molecule has 0 saturated carbocycles. The first-order valence-electron chi connectivity index (χ1n) is 6.76. The lowest BCUT2D eigenvalue weighted by molar-refractivity contribution is 0.0519. The van der Waals surface area contributed by atoms with E-state index >= 15 is 0 Å². The van der Waals surface area contributed by atoms with Crippen LogP contribution in [0.15, 0.2) is 36.4 Å². The Morgan fingerprint density at radius 3 is 2.64 bits per heavy atom. The number of nitrogens with zero attached hydrogens (tertiary/aromatic N) is 1. The minimum absolute atomic E-state index is 0.0325. The lowest BCUT2D eigenvalue weighted by Crippen LogP contribution is -2.16. The number of hydrogen-bond acceptors (Lipinski definition) is 5. The summed E-state index contributed by atoms with van der Waals surface area (Å²) in [5, 5.41) is 12.3. The number of amides is 1. The maximum Gasteiger partial charge on any atom is 0.356 e. The van der Waals surface area contributed by atoms with Crippen LogP contribution in [0, 0.1) is 6.92 Å². The van der Waals surface area contributed by atoms with Crippen LogP contribution < -0.4 is 5.32 Å². The first kappa shape index (κ1) is 15.5. The molecule has 0 saturated heterocycles. The highest BCUT2D eigenvalue weighted by atomic mass is 16.5. The number of ether oxygens (including phenoxy) is 1. The van der Waals surface area contributed by atoms with Crippen molar-refractivity contribution in [2.24, 2.45) is 0 Å². The molecule has 0 aliphatic rings. The van der Waals surface area contributed by atoms with E-state index in [0.717, 1.165) is 5.56 Å². The topological polar surface area (TPSA) is 88.5 Å². The van der Waals surface area contributed by atoms with Gasteiger partial charge in [-0.3, -0.25) is 4.79 Å². The van der Waals surface area contributed by atoms with Gasteiger partial charge >= 0.3 is 5.97 Å². The molecule has 0 atom stereocenters. The van der Waals surface area contributed by atoms with Crippen LogP contribution in [0.3, 0.4) is 0 Å². The molecule has 1 heterocycles. The number of aromatic hydroxyl groups is 1. The van der Waals surface area contributed by atoms with Crippen molar-refractivity contribution in [2.75, 3.05) is 11.9 Å². The SMILES string of the molecule is CCOC(=O)c1cccc(C(=O)Nc2ccc(C)cc2O)n1. The van der Waals surface area contributed by atoms with Gasteiger partial charge < -0.3 is 15.2 Å². The first-order chi connectivity index (χ1) is 10.5. The number of carbonyl (C=O) groups is 2. The molecule has 114 valence electrons. The second-order valence-corrected chi connectivity index (χ2v) is 4.60. The van der Waals surface area contributed by atoms with Crippen molar-refractivity contribution in [2.45, 2.75) is 13.8 Å². The Morgan fingerprint density at radius 2 is 1.95 bits per heavy atom. The van der Waals surface area contributed by atoms with E-state index in [1.807, 2.05) is 6.92 Å². The predicted molar refractivity (Wildman–Crippen MR) is 81.0 cm³/mol. The van der Waals surface area contributed by atoms with E-state index in [4.69, 9.17) is 4.74 Å². The second kappa shape index (κ2) is 6.71. The lowest BCUT2D eigenvalue weighted by Gasteiger charge is -2.08. The van der Waals surface area contributed by atoms with Gasteiger partial charge in [0.25, 0.3) is 5.91 Å². The monoisotopic (exact) mass is 300 g/mol. The Labute approximate surface area is 127 Å². The van der Waals surface area contributed by atoms with Gasteiger partial charge in [0.1, 0.15) is 17.1 Å². The predicted octanol–water partition coefficient (Wildman–Crippen LogP) is 2.52. The maximum atomic E-state index is 12.1. The number of anilines is 1. The summed E-state index contributed by atoms with van der Waals surface area (Å²) in [4.78, 5) is 27.7. The van der Waals surface area contributed by atoms with Crippen molar-refractivity contribution in [1.82, 2.24) is 4.98 Å². The summed E-state index contributed by atoms with van der Waals surface area (Å²) in [5.41, 5.74) is 1.27. The molecular weight excluding hydrogens is 284 g/mol. The normalized spacial score (nSPS) is 10.1. The maximum absolute atomic E-state index is 12.1. The number of nitrogens with one attached hydrogen (secondary N) is 1. The molecule has 0 fully saturated rings. The highest BCUT2D eigenvalue weighted by Gasteiger charge is 2.14. The van der Waals surface area contributed by atoms with Gasteiger partial charge in [-0.05, 0) is 43.7 Å². The fourth-order valence-corrected chi connectivity index (χ4v) is 1.81. The van der Waals surface area contributed by atoms with E-state index in [2.05, 4.69) is 10.3 Å². The van der Waals surface area contributed by atoms with Crippen LogP contribution >= 0.6 is 0 Å². The van der Waals surface area contributed by atoms with Gasteiger partial charge in [0.2, 0.25) is 0 Å². The summed E-state index contributed by atoms with van der Waals surface area (Å²) in [7, 11) is 0. The zero-order chi connectivity index (χ0) is 16.1. The number of esters is 1. The average molecular weight is 300 g/mol. The molecule has 0 aliphatic heterocycles. The lowest BCUT2D eigenvalue weighted by atomic mass is 10.2. The minimum Gasteiger partial charge on any atom is -0.506 e. The molecule has 2 rings (SSSR count). The Balaban J connectivity index is 2.19. The fraction of sp³-hybridized carbons (Fsp3) is 0.188. The highest BCUT2D eigenvalue weighted by Crippen LogP contribution is 2.24. The van der Waals surface area contributed by atoms with Crippen LogP contribution in [0.2, 0.25) is 0 Å². The number of phenols is 1. The van der Waals surface area contributed by atoms with Gasteiger partial charge in [-0.25, -0.2) is 9.78 Å². The van der Waals surface area contributed by atoms with Crippen LogP contribution in [-0.2, 0) is 4.74 Å².